The Morgan fingerprint density at radius 1 is 1.33 bits per heavy atom. The molecule has 3 N–H and O–H groups in total. The molecule has 0 amide bonds. The van der Waals surface area contributed by atoms with Gasteiger partial charge in [0.25, 0.3) is 0 Å². The highest BCUT2D eigenvalue weighted by atomic mass is 15.2. The fourth-order valence-corrected chi connectivity index (χ4v) is 1.62. The van der Waals surface area contributed by atoms with Crippen LogP contribution in [0.2, 0.25) is 0 Å². The lowest BCUT2D eigenvalue weighted by Gasteiger charge is -2.22. The predicted octanol–water partition coefficient (Wildman–Crippen LogP) is 1.91. The van der Waals surface area contributed by atoms with Gasteiger partial charge in [-0.3, -0.25) is 11.3 Å². The number of hydrogen-bond donors (Lipinski definition) is 2. The van der Waals surface area contributed by atoms with Crippen LogP contribution in [0.3, 0.4) is 0 Å². The highest BCUT2D eigenvalue weighted by Gasteiger charge is 2.09. The zero-order valence-electron chi connectivity index (χ0n) is 10.6. The Morgan fingerprint density at radius 2 is 1.93 bits per heavy atom. The van der Waals surface area contributed by atoms with Gasteiger partial charge in [-0.05, 0) is 38.9 Å². The number of nitrogens with zero attached hydrogens (tertiary/aromatic N) is 1. The first-order valence-corrected chi connectivity index (χ1v) is 6.02. The first-order chi connectivity index (χ1) is 7.17. The van der Waals surface area contributed by atoms with Crippen LogP contribution in [0, 0.1) is 0 Å². The van der Waals surface area contributed by atoms with Gasteiger partial charge < -0.3 is 4.90 Å². The number of hydrazine groups is 1. The molecule has 0 aromatic rings. The lowest BCUT2D eigenvalue weighted by molar-refractivity contribution is 0.280. The summed E-state index contributed by atoms with van der Waals surface area (Å²) in [5, 5.41) is 0. The van der Waals surface area contributed by atoms with Crippen molar-refractivity contribution in [2.45, 2.75) is 46.1 Å². The van der Waals surface area contributed by atoms with Crippen LogP contribution >= 0.6 is 0 Å². The molecular weight excluding hydrogens is 186 g/mol. The van der Waals surface area contributed by atoms with Crippen molar-refractivity contribution in [2.24, 2.45) is 5.84 Å². The standard InChI is InChI=1S/C12H27N3/c1-5-11(4)10-12(14-13)8-9-15(6-2)7-3/h12,14H,4-10,13H2,1-3H3. The van der Waals surface area contributed by atoms with Crippen molar-refractivity contribution in [3.63, 3.8) is 0 Å². The first-order valence-electron chi connectivity index (χ1n) is 6.02. The summed E-state index contributed by atoms with van der Waals surface area (Å²) < 4.78 is 0. The van der Waals surface area contributed by atoms with Crippen molar-refractivity contribution in [3.05, 3.63) is 12.2 Å². The van der Waals surface area contributed by atoms with E-state index in [0.717, 1.165) is 38.9 Å². The second-order valence-corrected chi connectivity index (χ2v) is 3.99. The summed E-state index contributed by atoms with van der Waals surface area (Å²) in [6, 6.07) is 0.373. The molecule has 1 unspecified atom stereocenters. The van der Waals surface area contributed by atoms with Crippen LogP contribution < -0.4 is 11.3 Å². The normalized spacial score (nSPS) is 13.1. The maximum absolute atomic E-state index is 5.54. The van der Waals surface area contributed by atoms with Crippen molar-refractivity contribution in [3.8, 4) is 0 Å². The highest BCUT2D eigenvalue weighted by molar-refractivity contribution is 4.96. The summed E-state index contributed by atoms with van der Waals surface area (Å²) in [5.74, 6) is 5.54. The molecule has 0 aromatic carbocycles. The molecule has 0 radical (unpaired) electrons. The van der Waals surface area contributed by atoms with E-state index >= 15 is 0 Å². The van der Waals surface area contributed by atoms with Gasteiger partial charge in [-0.15, -0.1) is 0 Å². The maximum atomic E-state index is 5.54. The number of nitrogens with two attached hydrogens (primary N) is 1. The summed E-state index contributed by atoms with van der Waals surface area (Å²) >= 11 is 0. The van der Waals surface area contributed by atoms with Gasteiger partial charge >= 0.3 is 0 Å². The zero-order chi connectivity index (χ0) is 11.7. The smallest absolute Gasteiger partial charge is 0.0259 e. The van der Waals surface area contributed by atoms with E-state index in [-0.39, 0.29) is 0 Å². The average Bonchev–Trinajstić information content (AvgIpc) is 2.28. The van der Waals surface area contributed by atoms with Crippen LogP contribution in [-0.4, -0.2) is 30.6 Å². The van der Waals surface area contributed by atoms with Gasteiger partial charge in [-0.2, -0.15) is 0 Å². The average molecular weight is 213 g/mol. The van der Waals surface area contributed by atoms with Gasteiger partial charge in [0.1, 0.15) is 0 Å². The quantitative estimate of drug-likeness (QED) is 0.349. The molecule has 0 saturated carbocycles. The Balaban J connectivity index is 3.83. The van der Waals surface area contributed by atoms with Crippen LogP contribution in [0.1, 0.15) is 40.0 Å². The molecular formula is C12H27N3. The molecule has 3 heteroatoms. The van der Waals surface area contributed by atoms with Gasteiger partial charge in [0, 0.05) is 6.04 Å². The van der Waals surface area contributed by atoms with Gasteiger partial charge in [-0.25, -0.2) is 0 Å². The summed E-state index contributed by atoms with van der Waals surface area (Å²) in [6.45, 7) is 13.9. The lowest BCUT2D eigenvalue weighted by atomic mass is 10.0. The minimum absolute atomic E-state index is 0.373. The third kappa shape index (κ3) is 6.66. The minimum Gasteiger partial charge on any atom is -0.304 e. The van der Waals surface area contributed by atoms with Crippen LogP contribution in [0.15, 0.2) is 12.2 Å². The predicted molar refractivity (Wildman–Crippen MR) is 67.6 cm³/mol. The number of rotatable bonds is 9. The molecule has 1 atom stereocenters. The van der Waals surface area contributed by atoms with E-state index in [0.29, 0.717) is 6.04 Å². The minimum atomic E-state index is 0.373. The van der Waals surface area contributed by atoms with E-state index in [1.807, 2.05) is 0 Å². The van der Waals surface area contributed by atoms with E-state index < -0.39 is 0 Å². The SMILES string of the molecule is C=C(CC)CC(CCN(CC)CC)NN. The van der Waals surface area contributed by atoms with Crippen molar-refractivity contribution < 1.29 is 0 Å². The van der Waals surface area contributed by atoms with Crippen molar-refractivity contribution in [1.29, 1.82) is 0 Å². The van der Waals surface area contributed by atoms with Crippen LogP contribution in [0.4, 0.5) is 0 Å². The second-order valence-electron chi connectivity index (χ2n) is 3.99. The lowest BCUT2D eigenvalue weighted by Crippen LogP contribution is -2.38. The first kappa shape index (κ1) is 14.6. The number of nitrogens with one attached hydrogen (secondary N) is 1. The third-order valence-corrected chi connectivity index (χ3v) is 2.96. The Kier molecular flexibility index (Phi) is 8.67. The van der Waals surface area contributed by atoms with Gasteiger partial charge in [-0.1, -0.05) is 32.9 Å². The molecule has 0 aliphatic rings. The Bertz CT molecular complexity index is 164. The maximum Gasteiger partial charge on any atom is 0.0259 e. The molecule has 0 aliphatic carbocycles. The van der Waals surface area contributed by atoms with E-state index in [1.54, 1.807) is 0 Å². The molecule has 0 aromatic heterocycles. The topological polar surface area (TPSA) is 41.3 Å². The summed E-state index contributed by atoms with van der Waals surface area (Å²) in [4.78, 5) is 2.42. The van der Waals surface area contributed by atoms with Crippen molar-refractivity contribution in [1.82, 2.24) is 10.3 Å². The van der Waals surface area contributed by atoms with Gasteiger partial charge in [0.15, 0.2) is 0 Å². The third-order valence-electron chi connectivity index (χ3n) is 2.96. The zero-order valence-corrected chi connectivity index (χ0v) is 10.6. The summed E-state index contributed by atoms with van der Waals surface area (Å²) in [6.07, 6.45) is 3.13. The fraction of sp³-hybridized carbons (Fsp3) is 0.833. The van der Waals surface area contributed by atoms with E-state index in [4.69, 9.17) is 5.84 Å². The van der Waals surface area contributed by atoms with Gasteiger partial charge in [0.05, 0.1) is 0 Å². The molecule has 0 spiro atoms. The molecule has 90 valence electrons. The van der Waals surface area contributed by atoms with Crippen LogP contribution in [-0.2, 0) is 0 Å². The van der Waals surface area contributed by atoms with Crippen LogP contribution in [0.5, 0.6) is 0 Å². The molecule has 0 saturated heterocycles. The van der Waals surface area contributed by atoms with Crippen LogP contribution in [0.25, 0.3) is 0 Å². The molecule has 0 rings (SSSR count). The Morgan fingerprint density at radius 3 is 2.33 bits per heavy atom. The molecule has 3 nitrogen and oxygen atoms in total. The van der Waals surface area contributed by atoms with E-state index in [1.165, 1.54) is 5.57 Å². The Hall–Kier alpha value is -0.380. The molecule has 15 heavy (non-hydrogen) atoms. The van der Waals surface area contributed by atoms with E-state index in [2.05, 4.69) is 37.7 Å². The summed E-state index contributed by atoms with van der Waals surface area (Å²) in [7, 11) is 0. The fourth-order valence-electron chi connectivity index (χ4n) is 1.62. The van der Waals surface area contributed by atoms with Gasteiger partial charge in [0.2, 0.25) is 0 Å². The second kappa shape index (κ2) is 8.89. The molecule has 0 bridgehead atoms. The monoisotopic (exact) mass is 213 g/mol. The van der Waals surface area contributed by atoms with Crippen molar-refractivity contribution >= 4 is 0 Å². The van der Waals surface area contributed by atoms with Crippen molar-refractivity contribution in [2.75, 3.05) is 19.6 Å². The Labute approximate surface area is 94.7 Å². The highest BCUT2D eigenvalue weighted by Crippen LogP contribution is 2.09. The van der Waals surface area contributed by atoms with E-state index in [9.17, 15) is 0 Å². The number of hydrogen-bond acceptors (Lipinski definition) is 3. The molecule has 0 aliphatic heterocycles. The largest absolute Gasteiger partial charge is 0.304 e. The molecule has 0 heterocycles. The molecule has 0 fully saturated rings. The summed E-state index contributed by atoms with van der Waals surface area (Å²) in [5.41, 5.74) is 4.16.